The molecule has 0 fully saturated rings. The van der Waals surface area contributed by atoms with E-state index in [1.807, 2.05) is 13.8 Å². The van der Waals surface area contributed by atoms with Crippen molar-refractivity contribution < 1.29 is 9.26 Å². The van der Waals surface area contributed by atoms with Crippen LogP contribution in [-0.2, 0) is 11.3 Å². The fourth-order valence-electron chi connectivity index (χ4n) is 2.07. The summed E-state index contributed by atoms with van der Waals surface area (Å²) in [5.41, 5.74) is 0. The van der Waals surface area contributed by atoms with Gasteiger partial charge in [0.2, 0.25) is 5.89 Å². The Kier molecular flexibility index (Phi) is 8.61. The lowest BCUT2D eigenvalue weighted by Gasteiger charge is -2.18. The lowest BCUT2D eigenvalue weighted by Crippen LogP contribution is -2.42. The number of rotatable bonds is 9. The van der Waals surface area contributed by atoms with Crippen LogP contribution in [-0.4, -0.2) is 35.8 Å². The Morgan fingerprint density at radius 1 is 1.26 bits per heavy atom. The molecule has 0 radical (unpaired) electrons. The van der Waals surface area contributed by atoms with Gasteiger partial charge in [0.1, 0.15) is 6.10 Å². The first-order chi connectivity index (χ1) is 11.0. The van der Waals surface area contributed by atoms with Crippen molar-refractivity contribution in [3.63, 3.8) is 0 Å². The molecule has 0 aromatic carbocycles. The third kappa shape index (κ3) is 7.45. The predicted molar refractivity (Wildman–Crippen MR) is 91.2 cm³/mol. The first-order valence-electron chi connectivity index (χ1n) is 8.37. The molecule has 2 unspecified atom stereocenters. The summed E-state index contributed by atoms with van der Waals surface area (Å²) in [6.07, 6.45) is 2.13. The first-order valence-corrected chi connectivity index (χ1v) is 8.37. The van der Waals surface area contributed by atoms with Crippen molar-refractivity contribution in [2.45, 2.75) is 66.2 Å². The molecular weight excluding hydrogens is 294 g/mol. The number of ether oxygens (including phenoxy) is 1. The third-order valence-electron chi connectivity index (χ3n) is 3.45. The van der Waals surface area contributed by atoms with Gasteiger partial charge >= 0.3 is 0 Å². The highest BCUT2D eigenvalue weighted by Crippen LogP contribution is 2.12. The van der Waals surface area contributed by atoms with Gasteiger partial charge in [0.15, 0.2) is 11.8 Å². The maximum absolute atomic E-state index is 5.45. The highest BCUT2D eigenvalue weighted by Gasteiger charge is 2.14. The van der Waals surface area contributed by atoms with Gasteiger partial charge in [-0.2, -0.15) is 4.98 Å². The maximum Gasteiger partial charge on any atom is 0.246 e. The summed E-state index contributed by atoms with van der Waals surface area (Å²) in [7, 11) is 1.75. The highest BCUT2D eigenvalue weighted by atomic mass is 16.5. The Bertz CT molecular complexity index is 473. The number of hydrogen-bond donors (Lipinski definition) is 2. The molecule has 1 rings (SSSR count). The van der Waals surface area contributed by atoms with Crippen molar-refractivity contribution >= 4 is 5.96 Å². The van der Waals surface area contributed by atoms with Gasteiger partial charge in [-0.3, -0.25) is 4.99 Å². The van der Waals surface area contributed by atoms with Gasteiger partial charge in [0, 0.05) is 19.7 Å². The quantitative estimate of drug-likeness (QED) is 0.536. The molecule has 0 aliphatic rings. The SMILES string of the molecule is CCOC(C)c1noc(CNC(=NC)NC(C)CCC(C)C)n1. The van der Waals surface area contributed by atoms with Crippen LogP contribution >= 0.6 is 0 Å². The number of aromatic nitrogens is 2. The Morgan fingerprint density at radius 2 is 2.00 bits per heavy atom. The molecule has 0 amide bonds. The van der Waals surface area contributed by atoms with Crippen LogP contribution in [0.15, 0.2) is 9.52 Å². The van der Waals surface area contributed by atoms with Crippen molar-refractivity contribution in [2.24, 2.45) is 10.9 Å². The normalized spacial score (nSPS) is 14.8. The van der Waals surface area contributed by atoms with E-state index in [1.165, 1.54) is 6.42 Å². The fraction of sp³-hybridized carbons (Fsp3) is 0.812. The van der Waals surface area contributed by atoms with Crippen LogP contribution in [0, 0.1) is 5.92 Å². The third-order valence-corrected chi connectivity index (χ3v) is 3.45. The summed E-state index contributed by atoms with van der Waals surface area (Å²) in [5.74, 6) is 2.53. The Hall–Kier alpha value is -1.63. The summed E-state index contributed by atoms with van der Waals surface area (Å²) in [4.78, 5) is 8.55. The molecule has 1 aromatic rings. The standard InChI is InChI=1S/C16H31N5O2/c1-7-22-13(5)15-20-14(23-21-15)10-18-16(17-6)19-12(4)9-8-11(2)3/h11-13H,7-10H2,1-6H3,(H2,17,18,19). The van der Waals surface area contributed by atoms with Crippen LogP contribution in [0.3, 0.4) is 0 Å². The van der Waals surface area contributed by atoms with Crippen molar-refractivity contribution in [2.75, 3.05) is 13.7 Å². The van der Waals surface area contributed by atoms with E-state index in [4.69, 9.17) is 9.26 Å². The first kappa shape index (κ1) is 19.4. The Morgan fingerprint density at radius 3 is 2.61 bits per heavy atom. The molecule has 23 heavy (non-hydrogen) atoms. The summed E-state index contributed by atoms with van der Waals surface area (Å²) in [6, 6.07) is 0.361. The van der Waals surface area contributed by atoms with Gasteiger partial charge in [-0.05, 0) is 39.5 Å². The zero-order valence-electron chi connectivity index (χ0n) is 15.2. The van der Waals surface area contributed by atoms with E-state index < -0.39 is 0 Å². The second-order valence-corrected chi connectivity index (χ2v) is 6.09. The summed E-state index contributed by atoms with van der Waals surface area (Å²) in [6.45, 7) is 11.5. The van der Waals surface area contributed by atoms with Crippen molar-refractivity contribution in [3.05, 3.63) is 11.7 Å². The van der Waals surface area contributed by atoms with Gasteiger partial charge in [-0.1, -0.05) is 19.0 Å². The molecule has 2 N–H and O–H groups in total. The summed E-state index contributed by atoms with van der Waals surface area (Å²) in [5, 5.41) is 10.5. The molecule has 2 atom stereocenters. The topological polar surface area (TPSA) is 84.6 Å². The molecule has 1 heterocycles. The zero-order chi connectivity index (χ0) is 17.2. The minimum Gasteiger partial charge on any atom is -0.371 e. The van der Waals surface area contributed by atoms with E-state index in [1.54, 1.807) is 7.05 Å². The Balaban J connectivity index is 2.42. The van der Waals surface area contributed by atoms with Crippen LogP contribution in [0.1, 0.15) is 65.3 Å². The maximum atomic E-state index is 5.45. The molecule has 0 saturated heterocycles. The van der Waals surface area contributed by atoms with E-state index >= 15 is 0 Å². The van der Waals surface area contributed by atoms with E-state index in [-0.39, 0.29) is 6.10 Å². The number of hydrogen-bond acceptors (Lipinski definition) is 5. The van der Waals surface area contributed by atoms with Gasteiger partial charge in [0.05, 0.1) is 6.54 Å². The number of aliphatic imine (C=N–C) groups is 1. The van der Waals surface area contributed by atoms with Crippen molar-refractivity contribution in [1.29, 1.82) is 0 Å². The van der Waals surface area contributed by atoms with Crippen LogP contribution in [0.5, 0.6) is 0 Å². The lowest BCUT2D eigenvalue weighted by molar-refractivity contribution is 0.0683. The summed E-state index contributed by atoms with van der Waals surface area (Å²) < 4.78 is 10.7. The smallest absolute Gasteiger partial charge is 0.246 e. The van der Waals surface area contributed by atoms with Crippen LogP contribution in [0.2, 0.25) is 0 Å². The lowest BCUT2D eigenvalue weighted by atomic mass is 10.0. The van der Waals surface area contributed by atoms with E-state index in [0.717, 1.165) is 12.4 Å². The minimum absolute atomic E-state index is 0.161. The van der Waals surface area contributed by atoms with Crippen LogP contribution in [0.25, 0.3) is 0 Å². The summed E-state index contributed by atoms with van der Waals surface area (Å²) >= 11 is 0. The second kappa shape index (κ2) is 10.2. The van der Waals surface area contributed by atoms with Crippen LogP contribution in [0.4, 0.5) is 0 Å². The van der Waals surface area contributed by atoms with Crippen LogP contribution < -0.4 is 10.6 Å². The molecule has 7 nitrogen and oxygen atoms in total. The highest BCUT2D eigenvalue weighted by molar-refractivity contribution is 5.79. The number of nitrogens with zero attached hydrogens (tertiary/aromatic N) is 3. The Labute approximate surface area is 139 Å². The predicted octanol–water partition coefficient (Wildman–Crippen LogP) is 2.66. The average molecular weight is 325 g/mol. The van der Waals surface area contributed by atoms with E-state index in [2.05, 4.69) is 46.5 Å². The second-order valence-electron chi connectivity index (χ2n) is 6.09. The van der Waals surface area contributed by atoms with Gasteiger partial charge < -0.3 is 19.9 Å². The molecule has 0 aliphatic heterocycles. The molecule has 0 bridgehead atoms. The zero-order valence-corrected chi connectivity index (χ0v) is 15.2. The monoisotopic (exact) mass is 325 g/mol. The van der Waals surface area contributed by atoms with Gasteiger partial charge in [-0.15, -0.1) is 0 Å². The molecule has 132 valence electrons. The van der Waals surface area contributed by atoms with Crippen molar-refractivity contribution in [3.8, 4) is 0 Å². The molecule has 0 aliphatic carbocycles. The van der Waals surface area contributed by atoms with E-state index in [9.17, 15) is 0 Å². The number of nitrogens with one attached hydrogen (secondary N) is 2. The fourth-order valence-corrected chi connectivity index (χ4v) is 2.07. The molecule has 1 aromatic heterocycles. The molecular formula is C16H31N5O2. The largest absolute Gasteiger partial charge is 0.371 e. The van der Waals surface area contributed by atoms with Crippen molar-refractivity contribution in [1.82, 2.24) is 20.8 Å². The minimum atomic E-state index is -0.161. The van der Waals surface area contributed by atoms with E-state index in [0.29, 0.717) is 36.8 Å². The molecule has 0 saturated carbocycles. The molecule has 0 spiro atoms. The van der Waals surface area contributed by atoms with Gasteiger partial charge in [0.25, 0.3) is 0 Å². The average Bonchev–Trinajstić information content (AvgIpc) is 2.98. The molecule has 7 heteroatoms. The van der Waals surface area contributed by atoms with Gasteiger partial charge in [-0.25, -0.2) is 0 Å². The number of guanidine groups is 1.